The van der Waals surface area contributed by atoms with Gasteiger partial charge in [0.15, 0.2) is 0 Å². The van der Waals surface area contributed by atoms with E-state index in [1.54, 1.807) is 35.3 Å². The molecule has 0 aliphatic rings. The molecule has 0 unspecified atom stereocenters. The molecule has 5 nitrogen and oxygen atoms in total. The Morgan fingerprint density at radius 1 is 1.07 bits per heavy atom. The van der Waals surface area contributed by atoms with Gasteiger partial charge in [-0.05, 0) is 49.2 Å². The van der Waals surface area contributed by atoms with Gasteiger partial charge in [0.25, 0.3) is 0 Å². The van der Waals surface area contributed by atoms with Gasteiger partial charge in [-0.15, -0.1) is 0 Å². The predicted octanol–water partition coefficient (Wildman–Crippen LogP) is 4.12. The number of pyridine rings is 1. The Morgan fingerprint density at radius 3 is 2.52 bits per heavy atom. The van der Waals surface area contributed by atoms with E-state index in [4.69, 9.17) is 0 Å². The molecule has 0 saturated heterocycles. The Labute approximate surface area is 158 Å². The maximum Gasteiger partial charge on any atom is 0.210 e. The van der Waals surface area contributed by atoms with Gasteiger partial charge >= 0.3 is 0 Å². The molecule has 4 rings (SSSR count). The van der Waals surface area contributed by atoms with Crippen LogP contribution in [0.2, 0.25) is 0 Å². The van der Waals surface area contributed by atoms with Crippen molar-refractivity contribution in [2.45, 2.75) is 30.1 Å². The summed E-state index contributed by atoms with van der Waals surface area (Å²) in [5, 5.41) is 5.04. The lowest BCUT2D eigenvalue weighted by atomic mass is 10.1. The van der Waals surface area contributed by atoms with E-state index >= 15 is 0 Å². The number of rotatable bonds is 4. The normalized spacial score (nSPS) is 11.8. The molecule has 2 heterocycles. The smallest absolute Gasteiger partial charge is 0.210 e. The van der Waals surface area contributed by atoms with Crippen molar-refractivity contribution in [3.05, 3.63) is 78.2 Å². The molecule has 0 bridgehead atoms. The van der Waals surface area contributed by atoms with Gasteiger partial charge in [0, 0.05) is 24.0 Å². The highest BCUT2D eigenvalue weighted by molar-refractivity contribution is 7.91. The van der Waals surface area contributed by atoms with Gasteiger partial charge in [-0.2, -0.15) is 5.10 Å². The summed E-state index contributed by atoms with van der Waals surface area (Å²) in [6.07, 6.45) is 5.66. The van der Waals surface area contributed by atoms with Crippen LogP contribution >= 0.6 is 0 Å². The molecule has 0 aliphatic carbocycles. The highest BCUT2D eigenvalue weighted by atomic mass is 32.2. The molecule has 0 fully saturated rings. The van der Waals surface area contributed by atoms with E-state index in [9.17, 15) is 8.42 Å². The first-order chi connectivity index (χ1) is 13.0. The second kappa shape index (κ2) is 6.63. The first-order valence-corrected chi connectivity index (χ1v) is 10.2. The maximum absolute atomic E-state index is 13.4. The number of hydrogen-bond acceptors (Lipinski definition) is 4. The van der Waals surface area contributed by atoms with Crippen LogP contribution in [-0.4, -0.2) is 23.2 Å². The number of aromatic nitrogens is 3. The van der Waals surface area contributed by atoms with Gasteiger partial charge in [-0.1, -0.05) is 30.7 Å². The second-order valence-electron chi connectivity index (χ2n) is 6.44. The summed E-state index contributed by atoms with van der Waals surface area (Å²) in [5.41, 5.74) is 3.37. The van der Waals surface area contributed by atoms with Gasteiger partial charge in [-0.25, -0.2) is 13.1 Å². The van der Waals surface area contributed by atoms with Crippen molar-refractivity contribution in [1.82, 2.24) is 14.8 Å². The zero-order valence-corrected chi connectivity index (χ0v) is 15.9. The fraction of sp³-hybridized carbons (Fsp3) is 0.143. The van der Waals surface area contributed by atoms with Gasteiger partial charge < -0.3 is 0 Å². The van der Waals surface area contributed by atoms with E-state index in [0.717, 1.165) is 28.5 Å². The lowest BCUT2D eigenvalue weighted by Crippen LogP contribution is -2.10. The molecule has 27 heavy (non-hydrogen) atoms. The summed E-state index contributed by atoms with van der Waals surface area (Å²) in [6, 6.07) is 14.6. The van der Waals surface area contributed by atoms with E-state index in [1.165, 1.54) is 6.20 Å². The van der Waals surface area contributed by atoms with Crippen molar-refractivity contribution < 1.29 is 8.42 Å². The zero-order chi connectivity index (χ0) is 19.0. The Hall–Kier alpha value is -2.99. The number of aryl methyl sites for hydroxylation is 2. The molecule has 6 heteroatoms. The quantitative estimate of drug-likeness (QED) is 0.536. The standard InChI is InChI=1S/C21H19N3O2S/c1-3-16-6-8-17(9-7-16)27(25,26)20-14-22-19-10-5-15(2)13-18(19)21(20)24-12-4-11-23-24/h4-14H,3H2,1-2H3. The molecule has 0 radical (unpaired) electrons. The Kier molecular flexibility index (Phi) is 4.28. The molecule has 0 atom stereocenters. The zero-order valence-electron chi connectivity index (χ0n) is 15.1. The van der Waals surface area contributed by atoms with Gasteiger partial charge in [0.1, 0.15) is 4.90 Å². The highest BCUT2D eigenvalue weighted by Gasteiger charge is 2.25. The van der Waals surface area contributed by atoms with Crippen LogP contribution in [0.25, 0.3) is 16.6 Å². The predicted molar refractivity (Wildman–Crippen MR) is 105 cm³/mol. The monoisotopic (exact) mass is 377 g/mol. The molecule has 2 aromatic carbocycles. The minimum Gasteiger partial charge on any atom is -0.255 e. The molecular weight excluding hydrogens is 358 g/mol. The summed E-state index contributed by atoms with van der Waals surface area (Å²) in [5.74, 6) is 0. The summed E-state index contributed by atoms with van der Waals surface area (Å²) in [6.45, 7) is 4.01. The largest absolute Gasteiger partial charge is 0.255 e. The third-order valence-electron chi connectivity index (χ3n) is 4.63. The third-order valence-corrected chi connectivity index (χ3v) is 6.40. The fourth-order valence-corrected chi connectivity index (χ4v) is 4.54. The molecule has 0 spiro atoms. The number of sulfone groups is 1. The van der Waals surface area contributed by atoms with Crippen molar-refractivity contribution in [3.63, 3.8) is 0 Å². The van der Waals surface area contributed by atoms with Crippen LogP contribution in [0.1, 0.15) is 18.1 Å². The minimum absolute atomic E-state index is 0.147. The van der Waals surface area contributed by atoms with Crippen molar-refractivity contribution in [1.29, 1.82) is 0 Å². The van der Waals surface area contributed by atoms with E-state index in [1.807, 2.05) is 44.2 Å². The summed E-state index contributed by atoms with van der Waals surface area (Å²) in [4.78, 5) is 4.80. The fourth-order valence-electron chi connectivity index (χ4n) is 3.14. The molecule has 0 saturated carbocycles. The summed E-state index contributed by atoms with van der Waals surface area (Å²) in [7, 11) is -3.75. The van der Waals surface area contributed by atoms with Crippen LogP contribution in [0.15, 0.2) is 76.9 Å². The molecule has 0 amide bonds. The van der Waals surface area contributed by atoms with Crippen LogP contribution in [0.3, 0.4) is 0 Å². The van der Waals surface area contributed by atoms with Crippen LogP contribution in [0.5, 0.6) is 0 Å². The minimum atomic E-state index is -3.75. The first kappa shape index (κ1) is 17.4. The number of hydrogen-bond donors (Lipinski definition) is 0. The van der Waals surface area contributed by atoms with Crippen molar-refractivity contribution in [3.8, 4) is 5.69 Å². The molecule has 4 aromatic rings. The Morgan fingerprint density at radius 2 is 1.85 bits per heavy atom. The Bertz CT molecular complexity index is 1210. The lowest BCUT2D eigenvalue weighted by Gasteiger charge is -2.14. The van der Waals surface area contributed by atoms with Gasteiger partial charge in [-0.3, -0.25) is 4.98 Å². The van der Waals surface area contributed by atoms with Crippen LogP contribution in [-0.2, 0) is 16.3 Å². The molecular formula is C21H19N3O2S. The molecule has 2 aromatic heterocycles. The van der Waals surface area contributed by atoms with Crippen molar-refractivity contribution in [2.24, 2.45) is 0 Å². The number of benzene rings is 2. The van der Waals surface area contributed by atoms with E-state index in [-0.39, 0.29) is 9.79 Å². The summed E-state index contributed by atoms with van der Waals surface area (Å²) < 4.78 is 28.4. The second-order valence-corrected chi connectivity index (χ2v) is 8.36. The third kappa shape index (κ3) is 3.02. The van der Waals surface area contributed by atoms with Crippen LogP contribution in [0.4, 0.5) is 0 Å². The van der Waals surface area contributed by atoms with Crippen molar-refractivity contribution >= 4 is 20.7 Å². The molecule has 0 N–H and O–H groups in total. The van der Waals surface area contributed by atoms with Gasteiger partial charge in [0.05, 0.1) is 16.1 Å². The average Bonchev–Trinajstić information content (AvgIpc) is 3.21. The van der Waals surface area contributed by atoms with E-state index < -0.39 is 9.84 Å². The number of nitrogens with zero attached hydrogens (tertiary/aromatic N) is 3. The average molecular weight is 377 g/mol. The Balaban J connectivity index is 2.02. The topological polar surface area (TPSA) is 64.8 Å². The van der Waals surface area contributed by atoms with Gasteiger partial charge in [0.2, 0.25) is 9.84 Å². The first-order valence-electron chi connectivity index (χ1n) is 8.74. The maximum atomic E-state index is 13.4. The molecule has 136 valence electrons. The number of fused-ring (bicyclic) bond motifs is 1. The van der Waals surface area contributed by atoms with E-state index in [0.29, 0.717) is 5.69 Å². The van der Waals surface area contributed by atoms with Crippen LogP contribution < -0.4 is 0 Å². The lowest BCUT2D eigenvalue weighted by molar-refractivity contribution is 0.594. The summed E-state index contributed by atoms with van der Waals surface area (Å²) >= 11 is 0. The van der Waals surface area contributed by atoms with E-state index in [2.05, 4.69) is 10.1 Å². The van der Waals surface area contributed by atoms with Crippen LogP contribution in [0, 0.1) is 6.92 Å². The SMILES string of the molecule is CCc1ccc(S(=O)(=O)c2cnc3ccc(C)cc3c2-n2cccn2)cc1. The van der Waals surface area contributed by atoms with Crippen molar-refractivity contribution in [2.75, 3.05) is 0 Å². The molecule has 0 aliphatic heterocycles. The highest BCUT2D eigenvalue weighted by Crippen LogP contribution is 2.32.